The molecule has 1 aromatic rings. The lowest BCUT2D eigenvalue weighted by molar-refractivity contribution is 0.180. The smallest absolute Gasteiger partial charge is 0.226 e. The quantitative estimate of drug-likeness (QED) is 0.795. The van der Waals surface area contributed by atoms with Crippen molar-refractivity contribution in [3.8, 4) is 0 Å². The van der Waals surface area contributed by atoms with Gasteiger partial charge in [-0.25, -0.2) is 0 Å². The van der Waals surface area contributed by atoms with Gasteiger partial charge < -0.3 is 9.63 Å². The Labute approximate surface area is 83.3 Å². The second kappa shape index (κ2) is 4.09. The molecular weight excluding hydrogens is 180 g/mol. The summed E-state index contributed by atoms with van der Waals surface area (Å²) in [6.07, 6.45) is 4.73. The number of aryl methyl sites for hydroxylation is 1. The highest BCUT2D eigenvalue weighted by molar-refractivity contribution is 4.99. The van der Waals surface area contributed by atoms with Gasteiger partial charge in [0.05, 0.1) is 6.10 Å². The maximum atomic E-state index is 9.10. The average molecular weight is 196 g/mol. The van der Waals surface area contributed by atoms with Gasteiger partial charge in [0, 0.05) is 12.3 Å². The van der Waals surface area contributed by atoms with Crippen LogP contribution in [0.2, 0.25) is 0 Å². The van der Waals surface area contributed by atoms with Crippen molar-refractivity contribution in [2.24, 2.45) is 0 Å². The highest BCUT2D eigenvalue weighted by Crippen LogP contribution is 2.34. The van der Waals surface area contributed by atoms with Crippen LogP contribution in [0, 0.1) is 0 Å². The Morgan fingerprint density at radius 3 is 2.93 bits per heavy atom. The lowest BCUT2D eigenvalue weighted by Crippen LogP contribution is -2.10. The van der Waals surface area contributed by atoms with Crippen LogP contribution in [-0.2, 0) is 6.42 Å². The number of nitrogens with zero attached hydrogens (tertiary/aromatic N) is 2. The lowest BCUT2D eigenvalue weighted by Gasteiger charge is -2.20. The minimum absolute atomic E-state index is 0.297. The molecule has 1 saturated carbocycles. The van der Waals surface area contributed by atoms with Crippen LogP contribution < -0.4 is 0 Å². The summed E-state index contributed by atoms with van der Waals surface area (Å²) in [7, 11) is 0. The van der Waals surface area contributed by atoms with E-state index >= 15 is 0 Å². The maximum absolute atomic E-state index is 9.10. The number of rotatable bonds is 4. The molecule has 1 aliphatic carbocycles. The first-order valence-electron chi connectivity index (χ1n) is 5.26. The first-order chi connectivity index (χ1) is 6.75. The molecule has 2 rings (SSSR count). The van der Waals surface area contributed by atoms with Gasteiger partial charge >= 0.3 is 0 Å². The van der Waals surface area contributed by atoms with E-state index in [1.165, 1.54) is 19.3 Å². The standard InChI is InChI=1S/C10H16N2O2/c1-7(13)5-6-9-11-10(12-14-9)8-3-2-4-8/h7-8,13H,2-6H2,1H3. The predicted octanol–water partition coefficient (Wildman–Crippen LogP) is 1.65. The molecule has 0 aliphatic heterocycles. The van der Waals surface area contributed by atoms with Crippen LogP contribution in [0.5, 0.6) is 0 Å². The third-order valence-electron chi connectivity index (χ3n) is 2.73. The van der Waals surface area contributed by atoms with Crippen LogP contribution in [0.1, 0.15) is 50.2 Å². The molecule has 1 aliphatic rings. The van der Waals surface area contributed by atoms with Crippen LogP contribution in [0.25, 0.3) is 0 Å². The summed E-state index contributed by atoms with van der Waals surface area (Å²) in [6.45, 7) is 1.77. The van der Waals surface area contributed by atoms with Crippen molar-refractivity contribution in [3.63, 3.8) is 0 Å². The largest absolute Gasteiger partial charge is 0.393 e. The molecular formula is C10H16N2O2. The highest BCUT2D eigenvalue weighted by atomic mass is 16.5. The minimum Gasteiger partial charge on any atom is -0.393 e. The Balaban J connectivity index is 1.89. The Bertz CT molecular complexity index is 292. The number of aromatic nitrogens is 2. The highest BCUT2D eigenvalue weighted by Gasteiger charge is 2.24. The summed E-state index contributed by atoms with van der Waals surface area (Å²) in [4.78, 5) is 4.32. The van der Waals surface area contributed by atoms with Crippen molar-refractivity contribution in [1.82, 2.24) is 10.1 Å². The van der Waals surface area contributed by atoms with E-state index < -0.39 is 0 Å². The SMILES string of the molecule is CC(O)CCc1nc(C2CCC2)no1. The van der Waals surface area contributed by atoms with Crippen molar-refractivity contribution in [2.45, 2.75) is 51.0 Å². The van der Waals surface area contributed by atoms with Crippen molar-refractivity contribution >= 4 is 0 Å². The van der Waals surface area contributed by atoms with E-state index in [9.17, 15) is 0 Å². The Hall–Kier alpha value is -0.900. The van der Waals surface area contributed by atoms with E-state index in [0.29, 0.717) is 24.7 Å². The van der Waals surface area contributed by atoms with Crippen LogP contribution in [0.3, 0.4) is 0 Å². The van der Waals surface area contributed by atoms with Crippen LogP contribution in [0.4, 0.5) is 0 Å². The molecule has 1 N–H and O–H groups in total. The van der Waals surface area contributed by atoms with Crippen molar-refractivity contribution < 1.29 is 9.63 Å². The van der Waals surface area contributed by atoms with Crippen LogP contribution in [0.15, 0.2) is 4.52 Å². The summed E-state index contributed by atoms with van der Waals surface area (Å²) in [5, 5.41) is 13.0. The minimum atomic E-state index is -0.297. The van der Waals surface area contributed by atoms with Gasteiger partial charge in [-0.05, 0) is 26.2 Å². The topological polar surface area (TPSA) is 59.2 Å². The third-order valence-corrected chi connectivity index (χ3v) is 2.73. The zero-order valence-electron chi connectivity index (χ0n) is 8.44. The van der Waals surface area contributed by atoms with Crippen molar-refractivity contribution in [1.29, 1.82) is 0 Å². The number of hydrogen-bond donors (Lipinski definition) is 1. The van der Waals surface area contributed by atoms with E-state index in [1.54, 1.807) is 6.92 Å². The predicted molar refractivity (Wildman–Crippen MR) is 50.9 cm³/mol. The molecule has 0 bridgehead atoms. The van der Waals surface area contributed by atoms with Crippen molar-refractivity contribution in [3.05, 3.63) is 11.7 Å². The zero-order chi connectivity index (χ0) is 9.97. The summed E-state index contributed by atoms with van der Waals surface area (Å²) in [5.41, 5.74) is 0. The molecule has 4 nitrogen and oxygen atoms in total. The Morgan fingerprint density at radius 2 is 2.36 bits per heavy atom. The molecule has 1 atom stereocenters. The zero-order valence-corrected chi connectivity index (χ0v) is 8.44. The second-order valence-electron chi connectivity index (χ2n) is 4.06. The fourth-order valence-electron chi connectivity index (χ4n) is 1.53. The molecule has 0 amide bonds. The first kappa shape index (κ1) is 9.65. The summed E-state index contributed by atoms with van der Waals surface area (Å²) < 4.78 is 5.10. The number of aliphatic hydroxyl groups excluding tert-OH is 1. The Kier molecular flexibility index (Phi) is 2.82. The van der Waals surface area contributed by atoms with Crippen LogP contribution in [-0.4, -0.2) is 21.4 Å². The molecule has 1 fully saturated rings. The monoisotopic (exact) mass is 196 g/mol. The molecule has 1 heterocycles. The molecule has 4 heteroatoms. The van der Waals surface area contributed by atoms with Gasteiger partial charge in [-0.1, -0.05) is 11.6 Å². The van der Waals surface area contributed by atoms with Gasteiger partial charge in [-0.3, -0.25) is 0 Å². The molecule has 1 aromatic heterocycles. The fourth-order valence-corrected chi connectivity index (χ4v) is 1.53. The van der Waals surface area contributed by atoms with E-state index in [1.807, 2.05) is 0 Å². The first-order valence-corrected chi connectivity index (χ1v) is 5.26. The maximum Gasteiger partial charge on any atom is 0.226 e. The van der Waals surface area contributed by atoms with Crippen LogP contribution >= 0.6 is 0 Å². The third kappa shape index (κ3) is 2.12. The van der Waals surface area contributed by atoms with Crippen molar-refractivity contribution in [2.75, 3.05) is 0 Å². The molecule has 78 valence electrons. The van der Waals surface area contributed by atoms with Gasteiger partial charge in [0.25, 0.3) is 0 Å². The van der Waals surface area contributed by atoms with Gasteiger partial charge in [0.1, 0.15) is 0 Å². The molecule has 0 spiro atoms. The van der Waals surface area contributed by atoms with E-state index in [2.05, 4.69) is 10.1 Å². The fraction of sp³-hybridized carbons (Fsp3) is 0.800. The Morgan fingerprint density at radius 1 is 1.57 bits per heavy atom. The normalized spacial score (nSPS) is 19.3. The van der Waals surface area contributed by atoms with E-state index in [-0.39, 0.29) is 6.10 Å². The van der Waals surface area contributed by atoms with Gasteiger partial charge in [-0.15, -0.1) is 0 Å². The summed E-state index contributed by atoms with van der Waals surface area (Å²) in [5.74, 6) is 2.05. The molecule has 1 unspecified atom stereocenters. The van der Waals surface area contributed by atoms with Gasteiger partial charge in [0.2, 0.25) is 5.89 Å². The summed E-state index contributed by atoms with van der Waals surface area (Å²) >= 11 is 0. The number of aliphatic hydroxyl groups is 1. The molecule has 0 aromatic carbocycles. The average Bonchev–Trinajstić information content (AvgIpc) is 2.46. The van der Waals surface area contributed by atoms with Gasteiger partial charge in [-0.2, -0.15) is 4.98 Å². The van der Waals surface area contributed by atoms with Gasteiger partial charge in [0.15, 0.2) is 5.82 Å². The summed E-state index contributed by atoms with van der Waals surface area (Å²) in [6, 6.07) is 0. The second-order valence-corrected chi connectivity index (χ2v) is 4.06. The van der Waals surface area contributed by atoms with E-state index in [0.717, 1.165) is 5.82 Å². The molecule has 0 saturated heterocycles. The number of hydrogen-bond acceptors (Lipinski definition) is 4. The molecule has 14 heavy (non-hydrogen) atoms. The lowest BCUT2D eigenvalue weighted by atomic mass is 9.85. The molecule has 0 radical (unpaired) electrons. The van der Waals surface area contributed by atoms with E-state index in [4.69, 9.17) is 9.63 Å².